The van der Waals surface area contributed by atoms with Gasteiger partial charge in [-0.3, -0.25) is 0 Å². The van der Waals surface area contributed by atoms with E-state index in [1.807, 2.05) is 13.0 Å². The van der Waals surface area contributed by atoms with Crippen molar-refractivity contribution in [3.8, 4) is 6.07 Å². The Bertz CT molecular complexity index is 655. The summed E-state index contributed by atoms with van der Waals surface area (Å²) < 4.78 is 13.3. The van der Waals surface area contributed by atoms with Crippen molar-refractivity contribution in [2.75, 3.05) is 5.32 Å². The molecular weight excluding hydrogens is 286 g/mol. The largest absolute Gasteiger partial charge is 0.354 e. The van der Waals surface area contributed by atoms with E-state index in [0.717, 1.165) is 5.56 Å². The van der Waals surface area contributed by atoms with Gasteiger partial charge in [0.25, 0.3) is 0 Å². The summed E-state index contributed by atoms with van der Waals surface area (Å²) in [6.07, 6.45) is 0. The lowest BCUT2D eigenvalue weighted by Crippen LogP contribution is -1.95. The highest BCUT2D eigenvalue weighted by molar-refractivity contribution is 6.35. The van der Waals surface area contributed by atoms with E-state index in [0.29, 0.717) is 16.9 Å². The van der Waals surface area contributed by atoms with E-state index < -0.39 is 5.82 Å². The van der Waals surface area contributed by atoms with E-state index in [-0.39, 0.29) is 10.0 Å². The van der Waals surface area contributed by atoms with E-state index in [9.17, 15) is 4.39 Å². The SMILES string of the molecule is Cc1ccc(Nc2cc(Cl)c(F)c(Cl)c2)c(C#N)c1. The third kappa shape index (κ3) is 2.98. The molecule has 2 rings (SSSR count). The maximum atomic E-state index is 13.3. The van der Waals surface area contributed by atoms with Crippen LogP contribution in [-0.2, 0) is 0 Å². The van der Waals surface area contributed by atoms with Crippen molar-refractivity contribution in [3.63, 3.8) is 0 Å². The number of hydrogen-bond acceptors (Lipinski definition) is 2. The Kier molecular flexibility index (Phi) is 3.94. The van der Waals surface area contributed by atoms with Gasteiger partial charge in [0.05, 0.1) is 21.3 Å². The molecule has 0 heterocycles. The minimum Gasteiger partial charge on any atom is -0.354 e. The molecule has 0 amide bonds. The van der Waals surface area contributed by atoms with Crippen molar-refractivity contribution in [1.29, 1.82) is 5.26 Å². The summed E-state index contributed by atoms with van der Waals surface area (Å²) in [5.41, 5.74) is 2.62. The van der Waals surface area contributed by atoms with Crippen LogP contribution < -0.4 is 5.32 Å². The van der Waals surface area contributed by atoms with Crippen LogP contribution in [0, 0.1) is 24.1 Å². The van der Waals surface area contributed by atoms with Crippen LogP contribution in [0.2, 0.25) is 10.0 Å². The van der Waals surface area contributed by atoms with Crippen LogP contribution in [0.15, 0.2) is 30.3 Å². The van der Waals surface area contributed by atoms with Crippen molar-refractivity contribution in [1.82, 2.24) is 0 Å². The Morgan fingerprint density at radius 1 is 1.16 bits per heavy atom. The van der Waals surface area contributed by atoms with E-state index in [4.69, 9.17) is 28.5 Å². The smallest absolute Gasteiger partial charge is 0.160 e. The van der Waals surface area contributed by atoms with Crippen molar-refractivity contribution >= 4 is 34.6 Å². The number of halogens is 3. The van der Waals surface area contributed by atoms with Gasteiger partial charge in [-0.25, -0.2) is 4.39 Å². The molecular formula is C14H9Cl2FN2. The highest BCUT2D eigenvalue weighted by Gasteiger charge is 2.09. The molecule has 0 saturated carbocycles. The van der Waals surface area contributed by atoms with E-state index in [1.54, 1.807) is 12.1 Å². The number of rotatable bonds is 2. The Morgan fingerprint density at radius 3 is 2.37 bits per heavy atom. The molecule has 0 bridgehead atoms. The second-order valence-electron chi connectivity index (χ2n) is 4.04. The normalized spacial score (nSPS) is 10.1. The molecule has 5 heteroatoms. The molecule has 0 fully saturated rings. The summed E-state index contributed by atoms with van der Waals surface area (Å²) in [4.78, 5) is 0. The Morgan fingerprint density at radius 2 is 1.79 bits per heavy atom. The van der Waals surface area contributed by atoms with E-state index in [2.05, 4.69) is 11.4 Å². The topological polar surface area (TPSA) is 35.8 Å². The highest BCUT2D eigenvalue weighted by Crippen LogP contribution is 2.30. The lowest BCUT2D eigenvalue weighted by Gasteiger charge is -2.10. The standard InChI is InChI=1S/C14H9Cl2FN2/c1-8-2-3-13(9(4-8)7-18)19-10-5-11(15)14(17)12(16)6-10/h2-6,19H,1H3. The van der Waals surface area contributed by atoms with Crippen LogP contribution in [0.5, 0.6) is 0 Å². The van der Waals surface area contributed by atoms with Gasteiger partial charge in [0.15, 0.2) is 5.82 Å². The fraction of sp³-hybridized carbons (Fsp3) is 0.0714. The van der Waals surface area contributed by atoms with Crippen molar-refractivity contribution in [2.45, 2.75) is 6.92 Å². The molecule has 0 aliphatic rings. The average molecular weight is 295 g/mol. The second-order valence-corrected chi connectivity index (χ2v) is 4.85. The highest BCUT2D eigenvalue weighted by atomic mass is 35.5. The minimum atomic E-state index is -0.654. The minimum absolute atomic E-state index is 0.0689. The number of aryl methyl sites for hydroxylation is 1. The quantitative estimate of drug-likeness (QED) is 0.786. The monoisotopic (exact) mass is 294 g/mol. The lowest BCUT2D eigenvalue weighted by atomic mass is 10.1. The van der Waals surface area contributed by atoms with Gasteiger partial charge < -0.3 is 5.32 Å². The van der Waals surface area contributed by atoms with Gasteiger partial charge in [-0.15, -0.1) is 0 Å². The van der Waals surface area contributed by atoms with Gasteiger partial charge in [-0.05, 0) is 36.8 Å². The molecule has 2 aromatic carbocycles. The summed E-state index contributed by atoms with van der Waals surface area (Å²) in [5.74, 6) is -0.654. The molecule has 0 saturated heterocycles. The van der Waals surface area contributed by atoms with Crippen LogP contribution in [0.25, 0.3) is 0 Å². The fourth-order valence-electron chi connectivity index (χ4n) is 1.64. The first-order valence-electron chi connectivity index (χ1n) is 5.43. The summed E-state index contributed by atoms with van der Waals surface area (Å²) in [6.45, 7) is 1.90. The molecule has 0 aliphatic carbocycles. The van der Waals surface area contributed by atoms with Gasteiger partial charge in [-0.2, -0.15) is 5.26 Å². The molecule has 0 unspecified atom stereocenters. The maximum absolute atomic E-state index is 13.3. The van der Waals surface area contributed by atoms with Gasteiger partial charge in [-0.1, -0.05) is 29.3 Å². The number of nitriles is 1. The van der Waals surface area contributed by atoms with Crippen molar-refractivity contribution in [3.05, 3.63) is 57.3 Å². The Balaban J connectivity index is 2.40. The molecule has 0 radical (unpaired) electrons. The van der Waals surface area contributed by atoms with E-state index >= 15 is 0 Å². The fourth-order valence-corrected chi connectivity index (χ4v) is 2.13. The third-order valence-electron chi connectivity index (χ3n) is 2.56. The number of hydrogen-bond donors (Lipinski definition) is 1. The summed E-state index contributed by atoms with van der Waals surface area (Å²) in [5, 5.41) is 11.9. The first-order chi connectivity index (χ1) is 9.01. The molecule has 0 spiro atoms. The van der Waals surface area contributed by atoms with Gasteiger partial charge in [0, 0.05) is 5.69 Å². The molecule has 2 aromatic rings. The van der Waals surface area contributed by atoms with Crippen LogP contribution in [0.1, 0.15) is 11.1 Å². The van der Waals surface area contributed by atoms with Crippen LogP contribution >= 0.6 is 23.2 Å². The molecule has 96 valence electrons. The zero-order chi connectivity index (χ0) is 14.0. The molecule has 0 aliphatic heterocycles. The number of anilines is 2. The number of nitrogens with zero attached hydrogens (tertiary/aromatic N) is 1. The predicted molar refractivity (Wildman–Crippen MR) is 75.6 cm³/mol. The first kappa shape index (κ1) is 13.7. The zero-order valence-corrected chi connectivity index (χ0v) is 11.5. The third-order valence-corrected chi connectivity index (χ3v) is 3.11. The number of nitrogens with one attached hydrogen (secondary N) is 1. The summed E-state index contributed by atoms with van der Waals surface area (Å²) in [7, 11) is 0. The van der Waals surface area contributed by atoms with Crippen LogP contribution in [0.3, 0.4) is 0 Å². The van der Waals surface area contributed by atoms with Crippen molar-refractivity contribution < 1.29 is 4.39 Å². The lowest BCUT2D eigenvalue weighted by molar-refractivity contribution is 0.629. The van der Waals surface area contributed by atoms with Gasteiger partial charge in [0.1, 0.15) is 6.07 Å². The molecule has 2 nitrogen and oxygen atoms in total. The number of benzene rings is 2. The predicted octanol–water partition coefficient (Wildman–Crippen LogP) is 5.06. The zero-order valence-electron chi connectivity index (χ0n) is 9.97. The van der Waals surface area contributed by atoms with Crippen LogP contribution in [0.4, 0.5) is 15.8 Å². The van der Waals surface area contributed by atoms with Crippen LogP contribution in [-0.4, -0.2) is 0 Å². The Hall–Kier alpha value is -1.76. The van der Waals surface area contributed by atoms with Crippen molar-refractivity contribution in [2.24, 2.45) is 0 Å². The van der Waals surface area contributed by atoms with E-state index in [1.165, 1.54) is 12.1 Å². The molecule has 1 N–H and O–H groups in total. The molecule has 19 heavy (non-hydrogen) atoms. The molecule has 0 aromatic heterocycles. The summed E-state index contributed by atoms with van der Waals surface area (Å²) in [6, 6.07) is 10.3. The summed E-state index contributed by atoms with van der Waals surface area (Å²) >= 11 is 11.4. The molecule has 0 atom stereocenters. The first-order valence-corrected chi connectivity index (χ1v) is 6.19. The maximum Gasteiger partial charge on any atom is 0.160 e. The van der Waals surface area contributed by atoms with Gasteiger partial charge in [0.2, 0.25) is 0 Å². The second kappa shape index (κ2) is 5.48. The Labute approximate surface area is 120 Å². The van der Waals surface area contributed by atoms with Gasteiger partial charge >= 0.3 is 0 Å². The average Bonchev–Trinajstić information content (AvgIpc) is 2.38.